The van der Waals surface area contributed by atoms with Crippen LogP contribution in [-0.2, 0) is 4.43 Å². The number of rotatable bonds is 12. The van der Waals surface area contributed by atoms with Gasteiger partial charge in [0.15, 0.2) is 0 Å². The lowest BCUT2D eigenvalue weighted by molar-refractivity contribution is -0.462. The quantitative estimate of drug-likeness (QED) is 0.160. The van der Waals surface area contributed by atoms with Crippen molar-refractivity contribution in [2.75, 3.05) is 0 Å². The zero-order valence-corrected chi connectivity index (χ0v) is 21.4. The van der Waals surface area contributed by atoms with Crippen molar-refractivity contribution in [1.82, 2.24) is 0 Å². The van der Waals surface area contributed by atoms with Gasteiger partial charge in [-0.2, -0.15) is 74.6 Å². The topological polar surface area (TPSA) is 9.23 Å². The Morgan fingerprint density at radius 3 is 1.44 bits per heavy atom. The second-order valence-corrected chi connectivity index (χ2v) is 10.2. The standard InChI is InChI=1S/C22H13F19OSi/c1-10(12-7-6-11-4-2-3-5-13(11)8-12)42-43-15(25,26)9-14(23,24)16(27,28)17(29,30)18(31,32)19(33,34)20(35,36)21(37,38)22(39,40)41/h2-8,10H,9H2,1H3/t10-/m0/s1. The fraction of sp³-hybridized carbons (Fsp3) is 0.545. The van der Waals surface area contributed by atoms with Gasteiger partial charge in [-0.25, -0.2) is 8.78 Å². The van der Waals surface area contributed by atoms with E-state index in [9.17, 15) is 83.4 Å². The summed E-state index contributed by atoms with van der Waals surface area (Å²) in [6.45, 7) is 1.02. The molecule has 0 saturated carbocycles. The minimum Gasteiger partial charge on any atom is -0.405 e. The lowest BCUT2D eigenvalue weighted by atomic mass is 9.88. The van der Waals surface area contributed by atoms with Crippen LogP contribution in [0.3, 0.4) is 0 Å². The lowest BCUT2D eigenvalue weighted by Gasteiger charge is -2.43. The monoisotopic (exact) mass is 682 g/mol. The fourth-order valence-corrected chi connectivity index (χ4v) is 4.11. The maximum absolute atomic E-state index is 14.1. The molecular formula is C22H13F19OSi. The van der Waals surface area contributed by atoms with Gasteiger partial charge in [-0.15, -0.1) is 0 Å². The van der Waals surface area contributed by atoms with Crippen molar-refractivity contribution >= 4 is 20.5 Å². The average Bonchev–Trinajstić information content (AvgIpc) is 2.85. The summed E-state index contributed by atoms with van der Waals surface area (Å²) in [6.07, 6.45) is -13.2. The van der Waals surface area contributed by atoms with E-state index < -0.39 is 75.5 Å². The van der Waals surface area contributed by atoms with Crippen LogP contribution in [0.4, 0.5) is 83.4 Å². The van der Waals surface area contributed by atoms with E-state index >= 15 is 0 Å². The third-order valence-electron chi connectivity index (χ3n) is 5.86. The van der Waals surface area contributed by atoms with E-state index in [4.69, 9.17) is 0 Å². The van der Waals surface area contributed by atoms with E-state index in [1.54, 1.807) is 18.2 Å². The van der Waals surface area contributed by atoms with Crippen molar-refractivity contribution in [1.29, 1.82) is 0 Å². The second kappa shape index (κ2) is 10.9. The van der Waals surface area contributed by atoms with Crippen molar-refractivity contribution in [2.45, 2.75) is 72.6 Å². The molecular weight excluding hydrogens is 669 g/mol. The zero-order valence-electron chi connectivity index (χ0n) is 20.4. The normalized spacial score (nSPS) is 16.1. The first kappa shape index (κ1) is 36.7. The summed E-state index contributed by atoms with van der Waals surface area (Å²) in [5.74, 6) is -58.7. The highest BCUT2D eigenvalue weighted by Crippen LogP contribution is 2.64. The Bertz CT molecular complexity index is 1290. The highest BCUT2D eigenvalue weighted by Gasteiger charge is 2.95. The Balaban J connectivity index is 2.34. The van der Waals surface area contributed by atoms with Gasteiger partial charge in [0.25, 0.3) is 5.55 Å². The zero-order chi connectivity index (χ0) is 33.9. The molecule has 0 bridgehead atoms. The molecule has 0 spiro atoms. The van der Waals surface area contributed by atoms with Crippen LogP contribution in [0.5, 0.6) is 0 Å². The van der Waals surface area contributed by atoms with E-state index in [0.29, 0.717) is 10.8 Å². The number of benzene rings is 2. The molecule has 0 aromatic heterocycles. The maximum atomic E-state index is 14.1. The molecule has 2 rings (SSSR count). The number of hydrogen-bond donors (Lipinski definition) is 0. The van der Waals surface area contributed by atoms with Gasteiger partial charge in [-0.3, -0.25) is 0 Å². The highest BCUT2D eigenvalue weighted by atomic mass is 28.2. The molecule has 0 aliphatic rings. The largest absolute Gasteiger partial charge is 0.460 e. The molecule has 2 radical (unpaired) electrons. The molecule has 244 valence electrons. The van der Waals surface area contributed by atoms with Gasteiger partial charge in [0, 0.05) is 0 Å². The summed E-state index contributed by atoms with van der Waals surface area (Å²) in [5.41, 5.74) is -5.27. The molecule has 43 heavy (non-hydrogen) atoms. The third kappa shape index (κ3) is 5.98. The molecule has 2 aromatic rings. The molecule has 1 nitrogen and oxygen atoms in total. The minimum absolute atomic E-state index is 0.0732. The molecule has 0 amide bonds. The number of hydrogen-bond acceptors (Lipinski definition) is 1. The summed E-state index contributed by atoms with van der Waals surface area (Å²) in [4.78, 5) is 0. The molecule has 0 aliphatic carbocycles. The smallest absolute Gasteiger partial charge is 0.405 e. The highest BCUT2D eigenvalue weighted by molar-refractivity contribution is 6.31. The number of fused-ring (bicyclic) bond motifs is 1. The summed E-state index contributed by atoms with van der Waals surface area (Å²) >= 11 is 0. The summed E-state index contributed by atoms with van der Waals surface area (Å²) in [7, 11) is -2.64. The molecule has 21 heteroatoms. The Hall–Kier alpha value is -2.45. The third-order valence-corrected chi connectivity index (χ3v) is 6.81. The van der Waals surface area contributed by atoms with E-state index in [0.717, 1.165) is 6.92 Å². The summed E-state index contributed by atoms with van der Waals surface area (Å²) in [5, 5.41) is 1.12. The first-order valence-corrected chi connectivity index (χ1v) is 11.8. The van der Waals surface area contributed by atoms with Crippen LogP contribution in [0.25, 0.3) is 10.8 Å². The van der Waals surface area contributed by atoms with Gasteiger partial charge in [0.1, 0.15) is 0 Å². The van der Waals surface area contributed by atoms with E-state index in [2.05, 4.69) is 4.43 Å². The van der Waals surface area contributed by atoms with Crippen LogP contribution in [0.2, 0.25) is 0 Å². The van der Waals surface area contributed by atoms with Crippen molar-refractivity contribution in [3.8, 4) is 0 Å². The predicted octanol–water partition coefficient (Wildman–Crippen LogP) is 9.53. The van der Waals surface area contributed by atoms with Crippen molar-refractivity contribution in [3.05, 3.63) is 48.0 Å². The van der Waals surface area contributed by atoms with Crippen LogP contribution >= 0.6 is 0 Å². The molecule has 1 atom stereocenters. The first-order chi connectivity index (χ1) is 18.9. The van der Waals surface area contributed by atoms with Crippen LogP contribution in [-0.4, -0.2) is 62.9 Å². The van der Waals surface area contributed by atoms with Crippen molar-refractivity contribution in [3.63, 3.8) is 0 Å². The summed E-state index contributed by atoms with van der Waals surface area (Å²) in [6, 6.07) is 10.4. The molecule has 0 saturated heterocycles. The SMILES string of the molecule is C[C@H](O[Si]C(F)(F)CC(F)(F)C(F)(F)C(F)(F)C(F)(F)C(F)(F)C(F)(F)C(F)(F)C(F)(F)F)c1ccc2ccccc2c1. The predicted molar refractivity (Wildman–Crippen MR) is 109 cm³/mol. The van der Waals surface area contributed by atoms with E-state index in [1.165, 1.54) is 24.3 Å². The van der Waals surface area contributed by atoms with Crippen LogP contribution in [0.1, 0.15) is 25.0 Å². The van der Waals surface area contributed by atoms with Crippen molar-refractivity contribution in [2.24, 2.45) is 0 Å². The van der Waals surface area contributed by atoms with Crippen molar-refractivity contribution < 1.29 is 87.8 Å². The molecule has 2 aromatic carbocycles. The average molecular weight is 682 g/mol. The van der Waals surface area contributed by atoms with Gasteiger partial charge < -0.3 is 4.43 Å². The Kier molecular flexibility index (Phi) is 9.28. The van der Waals surface area contributed by atoms with Crippen LogP contribution < -0.4 is 0 Å². The van der Waals surface area contributed by atoms with Gasteiger partial charge in [0.2, 0.25) is 0 Å². The van der Waals surface area contributed by atoms with E-state index in [-0.39, 0.29) is 5.56 Å². The lowest BCUT2D eigenvalue weighted by Crippen LogP contribution is -2.74. The van der Waals surface area contributed by atoms with Gasteiger partial charge in [0.05, 0.1) is 12.5 Å². The van der Waals surface area contributed by atoms with Crippen LogP contribution in [0.15, 0.2) is 42.5 Å². The molecule has 0 N–H and O–H groups in total. The van der Waals surface area contributed by atoms with Gasteiger partial charge in [-0.05, 0) is 29.3 Å². The number of alkyl halides is 19. The second-order valence-electron chi connectivity index (χ2n) is 9.00. The minimum atomic E-state index is -8.83. The summed E-state index contributed by atoms with van der Waals surface area (Å²) < 4.78 is 259. The van der Waals surface area contributed by atoms with Gasteiger partial charge in [-0.1, -0.05) is 36.4 Å². The first-order valence-electron chi connectivity index (χ1n) is 10.9. The Labute approximate surface area is 229 Å². The molecule has 0 unspecified atom stereocenters. The maximum Gasteiger partial charge on any atom is 0.460 e. The Morgan fingerprint density at radius 2 is 0.977 bits per heavy atom. The van der Waals surface area contributed by atoms with Gasteiger partial charge >= 0.3 is 57.4 Å². The molecule has 0 aliphatic heterocycles. The molecule has 0 heterocycles. The Morgan fingerprint density at radius 1 is 0.558 bits per heavy atom. The van der Waals surface area contributed by atoms with E-state index in [1.807, 2.05) is 0 Å². The molecule has 0 fully saturated rings. The number of halogens is 19. The van der Waals surface area contributed by atoms with Crippen LogP contribution in [0, 0.1) is 0 Å². The fourth-order valence-electron chi connectivity index (χ4n) is 3.33.